The number of aliphatic hydroxyl groups excluding tert-OH is 1. The molecule has 0 heterocycles. The lowest BCUT2D eigenvalue weighted by atomic mass is 9.98. The number of ether oxygens (including phenoxy) is 4. The van der Waals surface area contributed by atoms with Gasteiger partial charge in [0.2, 0.25) is 0 Å². The summed E-state index contributed by atoms with van der Waals surface area (Å²) in [6.45, 7) is 0.290. The van der Waals surface area contributed by atoms with Crippen LogP contribution in [0.15, 0.2) is 54.6 Å². The maximum Gasteiger partial charge on any atom is 0.573 e. The van der Waals surface area contributed by atoms with Gasteiger partial charge in [0.1, 0.15) is 17.6 Å². The van der Waals surface area contributed by atoms with Crippen LogP contribution in [0.1, 0.15) is 22.8 Å². The Labute approximate surface area is 199 Å². The van der Waals surface area contributed by atoms with Gasteiger partial charge in [-0.05, 0) is 36.4 Å². The van der Waals surface area contributed by atoms with Gasteiger partial charge < -0.3 is 29.4 Å². The molecule has 0 aliphatic heterocycles. The fourth-order valence-corrected chi connectivity index (χ4v) is 3.59. The van der Waals surface area contributed by atoms with Crippen molar-refractivity contribution >= 4 is 17.3 Å². The fraction of sp³-hybridized carbons (Fsp3) is 0.250. The van der Waals surface area contributed by atoms with Crippen LogP contribution in [0.3, 0.4) is 0 Å². The number of aliphatic hydroxyl groups is 1. The van der Waals surface area contributed by atoms with E-state index >= 15 is 0 Å². The topological polar surface area (TPSA) is 69.2 Å². The predicted octanol–water partition coefficient (Wildman–Crippen LogP) is 5.96. The molecule has 1 unspecified atom stereocenters. The van der Waals surface area contributed by atoms with Crippen molar-refractivity contribution in [2.24, 2.45) is 0 Å². The van der Waals surface area contributed by atoms with E-state index in [-0.39, 0.29) is 16.9 Å². The summed E-state index contributed by atoms with van der Waals surface area (Å²) in [5.74, 6) is 0.399. The Kier molecular flexibility index (Phi) is 8.01. The number of hydrogen-bond acceptors (Lipinski definition) is 6. The second-order valence-corrected chi connectivity index (χ2v) is 7.53. The summed E-state index contributed by atoms with van der Waals surface area (Å²) in [6.07, 6.45) is -6.49. The van der Waals surface area contributed by atoms with E-state index in [9.17, 15) is 18.3 Å². The Morgan fingerprint density at radius 2 is 1.65 bits per heavy atom. The summed E-state index contributed by atoms with van der Waals surface area (Å²) in [7, 11) is 4.29. The molecule has 1 atom stereocenters. The minimum absolute atomic E-state index is 0.135. The van der Waals surface area contributed by atoms with Crippen molar-refractivity contribution in [3.05, 3.63) is 76.3 Å². The van der Waals surface area contributed by atoms with Gasteiger partial charge >= 0.3 is 6.36 Å². The molecular weight excluding hydrogens is 475 g/mol. The first-order valence-corrected chi connectivity index (χ1v) is 10.4. The molecule has 182 valence electrons. The highest BCUT2D eigenvalue weighted by atomic mass is 35.5. The van der Waals surface area contributed by atoms with E-state index in [0.717, 1.165) is 5.56 Å². The van der Waals surface area contributed by atoms with Crippen molar-refractivity contribution in [1.82, 2.24) is 0 Å². The molecule has 0 bridgehead atoms. The number of benzene rings is 3. The molecule has 3 aromatic carbocycles. The van der Waals surface area contributed by atoms with Gasteiger partial charge in [-0.15, -0.1) is 13.2 Å². The number of rotatable bonds is 9. The molecule has 3 aromatic rings. The molecule has 0 radical (unpaired) electrons. The predicted molar refractivity (Wildman–Crippen MR) is 122 cm³/mol. The van der Waals surface area contributed by atoms with Crippen molar-refractivity contribution in [3.8, 4) is 23.0 Å². The maximum absolute atomic E-state index is 13.1. The largest absolute Gasteiger partial charge is 0.573 e. The molecule has 0 fully saturated rings. The van der Waals surface area contributed by atoms with E-state index in [1.165, 1.54) is 38.5 Å². The molecule has 0 aromatic heterocycles. The van der Waals surface area contributed by atoms with Crippen molar-refractivity contribution < 1.29 is 37.2 Å². The van der Waals surface area contributed by atoms with E-state index in [4.69, 9.17) is 25.8 Å². The van der Waals surface area contributed by atoms with Gasteiger partial charge in [-0.2, -0.15) is 0 Å². The van der Waals surface area contributed by atoms with Crippen molar-refractivity contribution in [3.63, 3.8) is 0 Å². The number of anilines is 1. The van der Waals surface area contributed by atoms with Gasteiger partial charge in [-0.3, -0.25) is 0 Å². The van der Waals surface area contributed by atoms with Crippen molar-refractivity contribution in [1.29, 1.82) is 0 Å². The summed E-state index contributed by atoms with van der Waals surface area (Å²) in [6, 6.07) is 14.1. The Bertz CT molecular complexity index is 1140. The van der Waals surface area contributed by atoms with Crippen molar-refractivity contribution in [2.45, 2.75) is 19.0 Å². The van der Waals surface area contributed by atoms with E-state index in [1.807, 2.05) is 6.07 Å². The van der Waals surface area contributed by atoms with Crippen LogP contribution in [0.25, 0.3) is 0 Å². The normalized spacial score (nSPS) is 12.1. The molecule has 0 amide bonds. The number of nitrogens with one attached hydrogen (secondary N) is 1. The summed E-state index contributed by atoms with van der Waals surface area (Å²) < 4.78 is 59.0. The molecule has 0 saturated carbocycles. The monoisotopic (exact) mass is 497 g/mol. The molecule has 2 N–H and O–H groups in total. The quantitative estimate of drug-likeness (QED) is 0.380. The van der Waals surface area contributed by atoms with Crippen LogP contribution in [0, 0.1) is 0 Å². The van der Waals surface area contributed by atoms with Gasteiger partial charge in [0, 0.05) is 40.0 Å². The van der Waals surface area contributed by atoms with Gasteiger partial charge in [0.25, 0.3) is 0 Å². The number of alkyl halides is 3. The molecule has 0 aliphatic carbocycles. The minimum atomic E-state index is -4.98. The first-order chi connectivity index (χ1) is 16.2. The standard InChI is InChI=1S/C24H23ClF3NO5/c1-31-16-9-7-14(21(12-16)33-3)13-29-19-10-8-15(25)11-18(19)22(30)17-5-4-6-20(32-2)23(17)34-24(26,27)28/h4-12,22,29-30H,13H2,1-3H3. The van der Waals surface area contributed by atoms with Gasteiger partial charge in [-0.25, -0.2) is 0 Å². The lowest BCUT2D eigenvalue weighted by Crippen LogP contribution is -2.19. The second-order valence-electron chi connectivity index (χ2n) is 7.09. The summed E-state index contributed by atoms with van der Waals surface area (Å²) in [5.41, 5.74) is 1.36. The van der Waals surface area contributed by atoms with Crippen LogP contribution in [0.4, 0.5) is 18.9 Å². The van der Waals surface area contributed by atoms with Gasteiger partial charge in [0.15, 0.2) is 11.5 Å². The highest BCUT2D eigenvalue weighted by Gasteiger charge is 2.35. The number of hydrogen-bond donors (Lipinski definition) is 2. The van der Waals surface area contributed by atoms with E-state index in [1.54, 1.807) is 31.4 Å². The third-order valence-corrected chi connectivity index (χ3v) is 5.25. The van der Waals surface area contributed by atoms with E-state index < -0.39 is 18.2 Å². The molecule has 34 heavy (non-hydrogen) atoms. The molecule has 0 aliphatic rings. The van der Waals surface area contributed by atoms with Crippen LogP contribution in [0.2, 0.25) is 5.02 Å². The Morgan fingerprint density at radius 3 is 2.29 bits per heavy atom. The fourth-order valence-electron chi connectivity index (χ4n) is 3.41. The van der Waals surface area contributed by atoms with E-state index in [2.05, 4.69) is 10.1 Å². The van der Waals surface area contributed by atoms with Crippen LogP contribution < -0.4 is 24.3 Å². The Hall–Kier alpha value is -3.30. The average molecular weight is 498 g/mol. The lowest BCUT2D eigenvalue weighted by Gasteiger charge is -2.22. The third-order valence-electron chi connectivity index (χ3n) is 5.01. The Morgan fingerprint density at radius 1 is 0.912 bits per heavy atom. The summed E-state index contributed by atoms with van der Waals surface area (Å²) in [4.78, 5) is 0. The summed E-state index contributed by atoms with van der Waals surface area (Å²) in [5, 5.41) is 14.6. The van der Waals surface area contributed by atoms with Crippen LogP contribution >= 0.6 is 11.6 Å². The van der Waals surface area contributed by atoms with E-state index in [0.29, 0.717) is 28.8 Å². The van der Waals surface area contributed by atoms with Gasteiger partial charge in [0.05, 0.1) is 21.3 Å². The Balaban J connectivity index is 1.97. The highest BCUT2D eigenvalue weighted by Crippen LogP contribution is 2.42. The maximum atomic E-state index is 13.1. The lowest BCUT2D eigenvalue weighted by molar-refractivity contribution is -0.275. The van der Waals surface area contributed by atoms with Crippen LogP contribution in [-0.2, 0) is 6.54 Å². The smallest absolute Gasteiger partial charge is 0.497 e. The van der Waals surface area contributed by atoms with Crippen LogP contribution in [-0.4, -0.2) is 32.8 Å². The third kappa shape index (κ3) is 5.98. The first-order valence-electron chi connectivity index (χ1n) is 10.0. The molecule has 3 rings (SSSR count). The first kappa shape index (κ1) is 25.3. The number of methoxy groups -OCH3 is 3. The van der Waals surface area contributed by atoms with Crippen LogP contribution in [0.5, 0.6) is 23.0 Å². The molecule has 10 heteroatoms. The number of halogens is 4. The molecule has 0 spiro atoms. The minimum Gasteiger partial charge on any atom is -0.497 e. The zero-order valence-corrected chi connectivity index (χ0v) is 19.3. The second kappa shape index (κ2) is 10.8. The summed E-state index contributed by atoms with van der Waals surface area (Å²) >= 11 is 6.14. The van der Waals surface area contributed by atoms with Crippen molar-refractivity contribution in [2.75, 3.05) is 26.6 Å². The SMILES string of the molecule is COc1ccc(CNc2ccc(Cl)cc2C(O)c2cccc(OC)c2OC(F)(F)F)c(OC)c1. The zero-order valence-electron chi connectivity index (χ0n) is 18.6. The number of para-hydroxylation sites is 1. The highest BCUT2D eigenvalue weighted by molar-refractivity contribution is 6.30. The molecule has 6 nitrogen and oxygen atoms in total. The van der Waals surface area contributed by atoms with Gasteiger partial charge in [-0.1, -0.05) is 23.7 Å². The molecular formula is C24H23ClF3NO5. The molecule has 0 saturated heterocycles. The average Bonchev–Trinajstić information content (AvgIpc) is 2.81. The zero-order chi connectivity index (χ0) is 24.9.